The van der Waals surface area contributed by atoms with Crippen LogP contribution < -0.4 is 10.6 Å². The lowest BCUT2D eigenvalue weighted by Crippen LogP contribution is -2.47. The maximum Gasteiger partial charge on any atom is 0.433 e. The summed E-state index contributed by atoms with van der Waals surface area (Å²) in [5.74, 6) is -1.22. The number of benzene rings is 1. The molecule has 7 rings (SSSR count). The molecule has 2 aliphatic heterocycles. The summed E-state index contributed by atoms with van der Waals surface area (Å²) >= 11 is 0. The number of carbonyl (C=O) groups is 4. The van der Waals surface area contributed by atoms with Crippen LogP contribution in [0.4, 0.5) is 19.0 Å². The first kappa shape index (κ1) is 35.0. The summed E-state index contributed by atoms with van der Waals surface area (Å²) in [7, 11) is 0. The number of rotatable bonds is 4. The molecule has 15 heteroatoms. The number of ketones is 1. The molecule has 0 unspecified atom stereocenters. The molecule has 3 atom stereocenters. The number of piperidine rings is 1. The van der Waals surface area contributed by atoms with Crippen LogP contribution in [0.5, 0.6) is 0 Å². The van der Waals surface area contributed by atoms with Gasteiger partial charge in [-0.15, -0.1) is 0 Å². The predicted octanol–water partition coefficient (Wildman–Crippen LogP) is 5.43. The van der Waals surface area contributed by atoms with Crippen molar-refractivity contribution in [1.82, 2.24) is 34.9 Å². The number of nitrogens with one attached hydrogen (secondary N) is 2. The Kier molecular flexibility index (Phi) is 8.91. The molecule has 2 fully saturated rings. The Morgan fingerprint density at radius 1 is 1.04 bits per heavy atom. The molecule has 1 saturated heterocycles. The Hall–Kier alpha value is -5.47. The molecule has 1 aromatic carbocycles. The minimum absolute atomic E-state index is 0.130. The van der Waals surface area contributed by atoms with E-state index in [1.807, 2.05) is 24.3 Å². The van der Waals surface area contributed by atoms with E-state index in [4.69, 9.17) is 0 Å². The Morgan fingerprint density at radius 2 is 1.81 bits per heavy atom. The number of aromatic nitrogens is 5. The SMILES string of the molecule is CC(=O)c1nn2c3c(cc(-c4cnc(C)nc4)cc13)C=CCCCCC(=O)NC[C@@]13C[C@@H](C(=O)Nc4nc(C(F)(F)F)ccc4C)N(C(=O)C2)[C@@H]1C3. The second-order valence-electron chi connectivity index (χ2n) is 13.9. The predicted molar refractivity (Wildman–Crippen MR) is 185 cm³/mol. The first-order valence-corrected chi connectivity index (χ1v) is 17.2. The van der Waals surface area contributed by atoms with Crippen LogP contribution in [-0.4, -0.2) is 71.8 Å². The zero-order valence-corrected chi connectivity index (χ0v) is 28.9. The molecule has 3 amide bonds. The molecule has 1 saturated carbocycles. The summed E-state index contributed by atoms with van der Waals surface area (Å²) < 4.78 is 42.0. The minimum atomic E-state index is -4.72. The van der Waals surface area contributed by atoms with Crippen molar-refractivity contribution in [2.75, 3.05) is 11.9 Å². The van der Waals surface area contributed by atoms with Crippen LogP contribution in [0, 0.1) is 19.3 Å². The van der Waals surface area contributed by atoms with Crippen LogP contribution in [0.3, 0.4) is 0 Å². The van der Waals surface area contributed by atoms with Gasteiger partial charge < -0.3 is 15.5 Å². The van der Waals surface area contributed by atoms with E-state index in [0.717, 1.165) is 23.6 Å². The average molecular weight is 715 g/mol. The third-order valence-corrected chi connectivity index (χ3v) is 10.2. The van der Waals surface area contributed by atoms with Gasteiger partial charge in [-0.2, -0.15) is 18.3 Å². The van der Waals surface area contributed by atoms with Gasteiger partial charge in [-0.05, 0) is 75.3 Å². The largest absolute Gasteiger partial charge is 0.433 e. The number of pyridine rings is 1. The lowest BCUT2D eigenvalue weighted by molar-refractivity contribution is -0.141. The summed E-state index contributed by atoms with van der Waals surface area (Å²) in [6.07, 6.45) is 5.70. The molecule has 270 valence electrons. The Bertz CT molecular complexity index is 2140. The summed E-state index contributed by atoms with van der Waals surface area (Å²) in [5, 5.41) is 10.7. The number of Topliss-reactive ketones (excluding diaryl/α,β-unsaturated/α-hetero) is 1. The van der Waals surface area contributed by atoms with E-state index in [1.165, 1.54) is 29.5 Å². The molecule has 3 aliphatic rings. The number of halogens is 3. The van der Waals surface area contributed by atoms with Crippen LogP contribution in [0.25, 0.3) is 28.1 Å². The molecule has 1 aliphatic carbocycles. The van der Waals surface area contributed by atoms with Crippen LogP contribution in [0.2, 0.25) is 0 Å². The molecule has 5 heterocycles. The number of anilines is 1. The lowest BCUT2D eigenvalue weighted by Gasteiger charge is -2.27. The van der Waals surface area contributed by atoms with Crippen molar-refractivity contribution < 1.29 is 32.3 Å². The molecule has 2 N–H and O–H groups in total. The molecule has 12 nitrogen and oxygen atoms in total. The van der Waals surface area contributed by atoms with Gasteiger partial charge in [-0.1, -0.05) is 18.2 Å². The minimum Gasteiger partial charge on any atom is -0.355 e. The van der Waals surface area contributed by atoms with Gasteiger partial charge in [0.05, 0.1) is 5.52 Å². The van der Waals surface area contributed by atoms with Crippen molar-refractivity contribution >= 4 is 46.3 Å². The second-order valence-corrected chi connectivity index (χ2v) is 13.9. The van der Waals surface area contributed by atoms with Crippen molar-refractivity contribution in [2.45, 2.75) is 84.1 Å². The summed E-state index contributed by atoms with van der Waals surface area (Å²) in [6, 6.07) is 4.36. The molecular formula is C37H37F3N8O4. The van der Waals surface area contributed by atoms with Gasteiger partial charge in [0.25, 0.3) is 0 Å². The highest BCUT2D eigenvalue weighted by molar-refractivity contribution is 6.08. The number of carbonyl (C=O) groups excluding carboxylic acids is 4. The van der Waals surface area contributed by atoms with E-state index in [2.05, 4.69) is 30.7 Å². The van der Waals surface area contributed by atoms with Gasteiger partial charge in [0.2, 0.25) is 17.7 Å². The third kappa shape index (κ3) is 6.66. The van der Waals surface area contributed by atoms with Crippen LogP contribution in [0.1, 0.15) is 78.6 Å². The highest BCUT2D eigenvalue weighted by atomic mass is 19.4. The number of hydrogen-bond acceptors (Lipinski definition) is 8. The zero-order valence-electron chi connectivity index (χ0n) is 28.9. The normalized spacial score (nSPS) is 22.2. The van der Waals surface area contributed by atoms with Crippen LogP contribution in [-0.2, 0) is 27.1 Å². The molecule has 2 bridgehead atoms. The topological polar surface area (TPSA) is 152 Å². The Balaban J connectivity index is 1.29. The van der Waals surface area contributed by atoms with E-state index < -0.39 is 41.2 Å². The number of allylic oxidation sites excluding steroid dienone is 1. The number of nitrogens with zero attached hydrogens (tertiary/aromatic N) is 6. The van der Waals surface area contributed by atoms with Crippen molar-refractivity contribution in [1.29, 1.82) is 0 Å². The van der Waals surface area contributed by atoms with Gasteiger partial charge in [-0.3, -0.25) is 23.9 Å². The number of aryl methyl sites for hydroxylation is 2. The lowest BCUT2D eigenvalue weighted by atomic mass is 9.98. The number of amides is 3. The Labute approximate surface area is 296 Å². The van der Waals surface area contributed by atoms with Crippen molar-refractivity contribution in [3.63, 3.8) is 0 Å². The highest BCUT2D eigenvalue weighted by Gasteiger charge is 2.67. The van der Waals surface area contributed by atoms with Crippen molar-refractivity contribution in [2.24, 2.45) is 5.41 Å². The standard InChI is InChI=1S/C37H37F3N8O4/c1-20-10-11-28(37(38,39)40)44-34(20)45-35(52)27-14-36-15-29(36)48(27)31(51)18-47-33-23(8-6-4-5-7-9-30(50)43-19-36)12-24(25-16-41-22(3)42-17-25)13-26(33)32(46-47)21(2)49/h6,8,10-13,16-17,27,29H,4-5,7,9,14-15,18-19H2,1-3H3,(H,43,50)(H,44,45,52)/t27-,29+,36-/m0/s1. The molecule has 0 spiro atoms. The fourth-order valence-electron chi connectivity index (χ4n) is 7.37. The van der Waals surface area contributed by atoms with E-state index in [0.29, 0.717) is 53.5 Å². The van der Waals surface area contributed by atoms with E-state index in [1.54, 1.807) is 19.3 Å². The zero-order chi connectivity index (χ0) is 36.9. The van der Waals surface area contributed by atoms with Crippen LogP contribution in [0.15, 0.2) is 42.7 Å². The van der Waals surface area contributed by atoms with Crippen molar-refractivity contribution in [3.8, 4) is 11.1 Å². The number of hydrogen-bond donors (Lipinski definition) is 2. The monoisotopic (exact) mass is 714 g/mol. The van der Waals surface area contributed by atoms with Crippen molar-refractivity contribution in [3.05, 3.63) is 71.1 Å². The first-order valence-electron chi connectivity index (χ1n) is 17.2. The van der Waals surface area contributed by atoms with Gasteiger partial charge in [0, 0.05) is 60.3 Å². The molecule has 4 aromatic rings. The van der Waals surface area contributed by atoms with Gasteiger partial charge >= 0.3 is 6.18 Å². The van der Waals surface area contributed by atoms with E-state index in [-0.39, 0.29) is 42.7 Å². The highest BCUT2D eigenvalue weighted by Crippen LogP contribution is 2.59. The molecule has 3 aromatic heterocycles. The molecule has 52 heavy (non-hydrogen) atoms. The van der Waals surface area contributed by atoms with Gasteiger partial charge in [0.15, 0.2) is 5.78 Å². The van der Waals surface area contributed by atoms with E-state index >= 15 is 0 Å². The van der Waals surface area contributed by atoms with Crippen LogP contribution >= 0.6 is 0 Å². The molecular weight excluding hydrogens is 677 g/mol. The van der Waals surface area contributed by atoms with Gasteiger partial charge in [-0.25, -0.2) is 15.0 Å². The maximum atomic E-state index is 14.4. The average Bonchev–Trinajstić information content (AvgIpc) is 3.50. The third-order valence-electron chi connectivity index (χ3n) is 10.2. The maximum absolute atomic E-state index is 14.4. The smallest absolute Gasteiger partial charge is 0.355 e. The van der Waals surface area contributed by atoms with Gasteiger partial charge in [0.1, 0.15) is 35.6 Å². The number of alkyl halides is 3. The fourth-order valence-corrected chi connectivity index (χ4v) is 7.37. The fraction of sp³-hybridized carbons (Fsp3) is 0.405. The second kappa shape index (κ2) is 13.3. The van der Waals surface area contributed by atoms with E-state index in [9.17, 15) is 32.3 Å². The quantitative estimate of drug-likeness (QED) is 0.266. The Morgan fingerprint density at radius 3 is 2.54 bits per heavy atom. The summed E-state index contributed by atoms with van der Waals surface area (Å²) in [6.45, 7) is 4.65. The molecule has 0 radical (unpaired) electrons. The summed E-state index contributed by atoms with van der Waals surface area (Å²) in [5.41, 5.74) is 1.50. The summed E-state index contributed by atoms with van der Waals surface area (Å²) in [4.78, 5) is 67.9. The first-order chi connectivity index (χ1) is 24.7.